The van der Waals surface area contributed by atoms with Gasteiger partial charge in [-0.2, -0.15) is 0 Å². The Kier molecular flexibility index (Phi) is 7.97. The van der Waals surface area contributed by atoms with Gasteiger partial charge >= 0.3 is 0 Å². The van der Waals surface area contributed by atoms with Gasteiger partial charge in [0, 0.05) is 11.4 Å². The summed E-state index contributed by atoms with van der Waals surface area (Å²) in [6.45, 7) is 1.02. The smallest absolute Gasteiger partial charge is 0.205 e. The Morgan fingerprint density at radius 1 is 0.526 bits per heavy atom. The van der Waals surface area contributed by atoms with Crippen LogP contribution in [0.2, 0.25) is 0 Å². The van der Waals surface area contributed by atoms with E-state index in [9.17, 15) is 0 Å². The fourth-order valence-corrected chi connectivity index (χ4v) is 3.96. The van der Waals surface area contributed by atoms with Crippen molar-refractivity contribution in [2.45, 2.75) is 13.2 Å². The number of para-hydroxylation sites is 1. The Balaban J connectivity index is 1.31. The van der Waals surface area contributed by atoms with Gasteiger partial charge in [-0.3, -0.25) is 4.90 Å². The Morgan fingerprint density at radius 3 is 1.45 bits per heavy atom. The van der Waals surface area contributed by atoms with Crippen LogP contribution in [0.4, 0.5) is 17.1 Å². The van der Waals surface area contributed by atoms with Crippen LogP contribution in [0.15, 0.2) is 145 Å². The number of guanidine groups is 1. The minimum absolute atomic E-state index is 0.354. The Hall–Kier alpha value is -5.03. The molecule has 0 radical (unpaired) electrons. The van der Waals surface area contributed by atoms with E-state index in [0.717, 1.165) is 39.7 Å². The van der Waals surface area contributed by atoms with Gasteiger partial charge in [0.25, 0.3) is 0 Å². The fraction of sp³-hybridized carbons (Fsp3) is 0.0606. The van der Waals surface area contributed by atoms with E-state index in [0.29, 0.717) is 19.2 Å². The molecule has 188 valence electrons. The standard InChI is InChI=1S/C33H29N3O2/c34-33(35-28-16-20-31(21-17-28)37-24-26-10-4-1-5-11-26)36(29-14-8-3-9-15-29)30-18-22-32(23-19-30)38-25-27-12-6-2-7-13-27/h1-23H,24-25H2,(H2,34,35). The highest BCUT2D eigenvalue weighted by atomic mass is 16.5. The van der Waals surface area contributed by atoms with Gasteiger partial charge in [-0.1, -0.05) is 78.9 Å². The summed E-state index contributed by atoms with van der Waals surface area (Å²) < 4.78 is 11.9. The van der Waals surface area contributed by atoms with Gasteiger partial charge in [-0.05, 0) is 71.8 Å². The fourth-order valence-electron chi connectivity index (χ4n) is 3.96. The number of ether oxygens (including phenoxy) is 2. The van der Waals surface area contributed by atoms with E-state index in [1.165, 1.54) is 0 Å². The molecule has 5 heteroatoms. The van der Waals surface area contributed by atoms with E-state index in [-0.39, 0.29) is 0 Å². The van der Waals surface area contributed by atoms with E-state index in [1.807, 2.05) is 144 Å². The van der Waals surface area contributed by atoms with Crippen LogP contribution in [0, 0.1) is 0 Å². The molecule has 5 rings (SSSR count). The molecule has 0 saturated carbocycles. The van der Waals surface area contributed by atoms with Crippen LogP contribution < -0.4 is 20.1 Å². The highest BCUT2D eigenvalue weighted by Gasteiger charge is 2.14. The summed E-state index contributed by atoms with van der Waals surface area (Å²) in [6.07, 6.45) is 0. The second-order valence-electron chi connectivity index (χ2n) is 8.68. The number of hydrogen-bond acceptors (Lipinski definition) is 3. The van der Waals surface area contributed by atoms with E-state index in [4.69, 9.17) is 20.2 Å². The zero-order chi connectivity index (χ0) is 26.0. The molecule has 0 unspecified atom stereocenters. The molecule has 0 aliphatic carbocycles. The predicted molar refractivity (Wildman–Crippen MR) is 154 cm³/mol. The quantitative estimate of drug-likeness (QED) is 0.167. The first-order valence-corrected chi connectivity index (χ1v) is 12.5. The van der Waals surface area contributed by atoms with E-state index in [2.05, 4.69) is 0 Å². The molecule has 0 heterocycles. The summed E-state index contributed by atoms with van der Waals surface area (Å²) in [7, 11) is 0. The lowest BCUT2D eigenvalue weighted by Gasteiger charge is -2.24. The lowest BCUT2D eigenvalue weighted by Crippen LogP contribution is -2.33. The summed E-state index contributed by atoms with van der Waals surface area (Å²) in [5, 5.41) is 0. The zero-order valence-corrected chi connectivity index (χ0v) is 21.0. The average Bonchev–Trinajstić information content (AvgIpc) is 2.98. The van der Waals surface area contributed by atoms with E-state index in [1.54, 1.807) is 0 Å². The summed E-state index contributed by atoms with van der Waals surface area (Å²) in [5.41, 5.74) is 11.3. The third kappa shape index (κ3) is 6.59. The summed E-state index contributed by atoms with van der Waals surface area (Å²) in [5.74, 6) is 1.91. The lowest BCUT2D eigenvalue weighted by molar-refractivity contribution is 0.306. The Bertz CT molecular complexity index is 1440. The molecule has 5 aromatic rings. The molecule has 38 heavy (non-hydrogen) atoms. The molecule has 5 aromatic carbocycles. The lowest BCUT2D eigenvalue weighted by atomic mass is 10.2. The second kappa shape index (κ2) is 12.3. The monoisotopic (exact) mass is 499 g/mol. The second-order valence-corrected chi connectivity index (χ2v) is 8.68. The number of benzene rings is 5. The largest absolute Gasteiger partial charge is 0.489 e. The normalized spacial score (nSPS) is 11.1. The predicted octanol–water partition coefficient (Wildman–Crippen LogP) is 7.63. The SMILES string of the molecule is NC(=Nc1ccc(OCc2ccccc2)cc1)N(c1ccccc1)c1ccc(OCc2ccccc2)cc1. The minimum Gasteiger partial charge on any atom is -0.489 e. The van der Waals surface area contributed by atoms with Crippen molar-refractivity contribution in [3.63, 3.8) is 0 Å². The first kappa shape index (κ1) is 24.7. The molecule has 0 aliphatic rings. The molecule has 0 spiro atoms. The van der Waals surface area contributed by atoms with Gasteiger partial charge in [0.1, 0.15) is 24.7 Å². The summed E-state index contributed by atoms with van der Waals surface area (Å²) >= 11 is 0. The average molecular weight is 500 g/mol. The summed E-state index contributed by atoms with van der Waals surface area (Å²) in [6, 6.07) is 45.6. The summed E-state index contributed by atoms with van der Waals surface area (Å²) in [4.78, 5) is 6.62. The van der Waals surface area contributed by atoms with Crippen molar-refractivity contribution in [2.24, 2.45) is 10.7 Å². The molecule has 0 aliphatic heterocycles. The molecular weight excluding hydrogens is 470 g/mol. The molecule has 5 nitrogen and oxygen atoms in total. The van der Waals surface area contributed by atoms with Crippen LogP contribution in [0.3, 0.4) is 0 Å². The van der Waals surface area contributed by atoms with Gasteiger partial charge < -0.3 is 15.2 Å². The maximum atomic E-state index is 6.57. The molecule has 0 bridgehead atoms. The zero-order valence-electron chi connectivity index (χ0n) is 21.0. The number of anilines is 2. The molecule has 0 aromatic heterocycles. The number of hydrogen-bond donors (Lipinski definition) is 1. The maximum absolute atomic E-state index is 6.57. The Labute approximate surface area is 223 Å². The van der Waals surface area contributed by atoms with E-state index < -0.39 is 0 Å². The number of nitrogens with zero attached hydrogens (tertiary/aromatic N) is 2. The number of nitrogens with two attached hydrogens (primary N) is 1. The van der Waals surface area contributed by atoms with Crippen molar-refractivity contribution in [1.29, 1.82) is 0 Å². The van der Waals surface area contributed by atoms with Gasteiger partial charge in [-0.15, -0.1) is 0 Å². The van der Waals surface area contributed by atoms with Gasteiger partial charge in [-0.25, -0.2) is 4.99 Å². The third-order valence-electron chi connectivity index (χ3n) is 5.92. The van der Waals surface area contributed by atoms with Crippen molar-refractivity contribution in [3.8, 4) is 11.5 Å². The molecular formula is C33H29N3O2. The number of aliphatic imine (C=N–C) groups is 1. The molecule has 0 fully saturated rings. The van der Waals surface area contributed by atoms with Crippen LogP contribution in [0.1, 0.15) is 11.1 Å². The van der Waals surface area contributed by atoms with Crippen LogP contribution in [-0.4, -0.2) is 5.96 Å². The molecule has 2 N–H and O–H groups in total. The Morgan fingerprint density at radius 2 is 0.947 bits per heavy atom. The van der Waals surface area contributed by atoms with Gasteiger partial charge in [0.15, 0.2) is 0 Å². The molecule has 0 saturated heterocycles. The first-order valence-electron chi connectivity index (χ1n) is 12.5. The maximum Gasteiger partial charge on any atom is 0.205 e. The van der Waals surface area contributed by atoms with Crippen molar-refractivity contribution in [3.05, 3.63) is 151 Å². The topological polar surface area (TPSA) is 60.1 Å². The van der Waals surface area contributed by atoms with Gasteiger partial charge in [0.05, 0.1) is 5.69 Å². The van der Waals surface area contributed by atoms with Gasteiger partial charge in [0.2, 0.25) is 5.96 Å². The highest BCUT2D eigenvalue weighted by Crippen LogP contribution is 2.28. The van der Waals surface area contributed by atoms with E-state index >= 15 is 0 Å². The van der Waals surface area contributed by atoms with Crippen LogP contribution in [-0.2, 0) is 13.2 Å². The van der Waals surface area contributed by atoms with Crippen molar-refractivity contribution in [2.75, 3.05) is 4.90 Å². The van der Waals surface area contributed by atoms with Crippen LogP contribution in [0.5, 0.6) is 11.5 Å². The molecule has 0 amide bonds. The van der Waals surface area contributed by atoms with Crippen LogP contribution in [0.25, 0.3) is 0 Å². The third-order valence-corrected chi connectivity index (χ3v) is 5.92. The van der Waals surface area contributed by atoms with Crippen LogP contribution >= 0.6 is 0 Å². The first-order chi connectivity index (χ1) is 18.7. The number of rotatable bonds is 9. The minimum atomic E-state index is 0.354. The van der Waals surface area contributed by atoms with Crippen molar-refractivity contribution in [1.82, 2.24) is 0 Å². The van der Waals surface area contributed by atoms with Crippen molar-refractivity contribution >= 4 is 23.0 Å². The highest BCUT2D eigenvalue weighted by molar-refractivity contribution is 6.02. The molecule has 0 atom stereocenters. The van der Waals surface area contributed by atoms with Crippen molar-refractivity contribution < 1.29 is 9.47 Å².